The molecule has 0 bridgehead atoms. The Kier molecular flexibility index (Phi) is 4.34. The Hall–Kier alpha value is -1.69. The minimum absolute atomic E-state index is 0.436. The van der Waals surface area contributed by atoms with Gasteiger partial charge < -0.3 is 9.84 Å². The second-order valence-corrected chi connectivity index (χ2v) is 6.46. The Bertz CT molecular complexity index is 705. The lowest BCUT2D eigenvalue weighted by atomic mass is 10.1. The van der Waals surface area contributed by atoms with Gasteiger partial charge in [-0.15, -0.1) is 22.7 Å². The molecule has 3 nitrogen and oxygen atoms in total. The first kappa shape index (κ1) is 14.3. The highest BCUT2D eigenvalue weighted by Crippen LogP contribution is 2.28. The van der Waals surface area contributed by atoms with E-state index in [-0.39, 0.29) is 0 Å². The number of rotatable bonds is 5. The summed E-state index contributed by atoms with van der Waals surface area (Å²) < 4.78 is 5.75. The topological polar surface area (TPSA) is 42.4 Å². The number of ether oxygens (including phenoxy) is 1. The largest absolute Gasteiger partial charge is 0.487 e. The predicted molar refractivity (Wildman–Crippen MR) is 86.8 cm³/mol. The van der Waals surface area contributed by atoms with Crippen LogP contribution in [0.2, 0.25) is 0 Å². The Morgan fingerprint density at radius 1 is 1.24 bits per heavy atom. The Balaban J connectivity index is 1.67. The van der Waals surface area contributed by atoms with Crippen LogP contribution in [0.15, 0.2) is 47.2 Å². The molecule has 0 amide bonds. The van der Waals surface area contributed by atoms with E-state index in [2.05, 4.69) is 16.4 Å². The first-order chi connectivity index (χ1) is 10.2. The van der Waals surface area contributed by atoms with E-state index in [1.807, 2.05) is 35.7 Å². The average Bonchev–Trinajstić information content (AvgIpc) is 3.16. The lowest BCUT2D eigenvalue weighted by Crippen LogP contribution is -1.97. The molecule has 1 aromatic carbocycles. The maximum atomic E-state index is 9.58. The van der Waals surface area contributed by atoms with E-state index >= 15 is 0 Å². The smallest absolute Gasteiger partial charge is 0.133 e. The Labute approximate surface area is 131 Å². The number of hydrogen-bond acceptors (Lipinski definition) is 5. The highest BCUT2D eigenvalue weighted by Gasteiger charge is 2.07. The van der Waals surface area contributed by atoms with Gasteiger partial charge in [0.15, 0.2) is 0 Å². The monoisotopic (exact) mass is 317 g/mol. The van der Waals surface area contributed by atoms with Gasteiger partial charge in [0.1, 0.15) is 17.4 Å². The average molecular weight is 317 g/mol. The Morgan fingerprint density at radius 3 is 2.90 bits per heavy atom. The highest BCUT2D eigenvalue weighted by molar-refractivity contribution is 7.20. The van der Waals surface area contributed by atoms with Crippen LogP contribution in [-0.2, 0) is 6.61 Å². The summed E-state index contributed by atoms with van der Waals surface area (Å²) in [5.74, 6) is 0.749. The van der Waals surface area contributed by atoms with Crippen molar-refractivity contribution in [1.82, 2.24) is 4.98 Å². The number of nitrogens with zero attached hydrogens (tertiary/aromatic N) is 1. The molecule has 0 radical (unpaired) electrons. The van der Waals surface area contributed by atoms with Crippen molar-refractivity contribution in [2.24, 2.45) is 0 Å². The fourth-order valence-corrected chi connectivity index (χ4v) is 3.53. The van der Waals surface area contributed by atoms with E-state index in [4.69, 9.17) is 4.74 Å². The maximum Gasteiger partial charge on any atom is 0.133 e. The molecule has 0 aliphatic rings. The summed E-state index contributed by atoms with van der Waals surface area (Å²) in [6.07, 6.45) is -0.488. The maximum absolute atomic E-state index is 9.58. The molecule has 2 heterocycles. The zero-order valence-electron chi connectivity index (χ0n) is 11.5. The summed E-state index contributed by atoms with van der Waals surface area (Å²) in [6, 6.07) is 11.6. The molecule has 3 aromatic rings. The molecule has 21 heavy (non-hydrogen) atoms. The van der Waals surface area contributed by atoms with Gasteiger partial charge in [0.2, 0.25) is 0 Å². The van der Waals surface area contributed by atoms with Crippen LogP contribution >= 0.6 is 22.7 Å². The van der Waals surface area contributed by atoms with Gasteiger partial charge in [-0.1, -0.05) is 18.2 Å². The molecule has 2 aromatic heterocycles. The molecule has 5 heteroatoms. The van der Waals surface area contributed by atoms with Crippen LogP contribution in [0, 0.1) is 0 Å². The van der Waals surface area contributed by atoms with E-state index in [1.54, 1.807) is 29.6 Å². The van der Waals surface area contributed by atoms with Crippen LogP contribution in [0.4, 0.5) is 0 Å². The van der Waals surface area contributed by atoms with Crippen molar-refractivity contribution in [3.05, 3.63) is 58.4 Å². The van der Waals surface area contributed by atoms with Crippen molar-refractivity contribution in [3.8, 4) is 15.6 Å². The van der Waals surface area contributed by atoms with Crippen LogP contribution in [0.1, 0.15) is 24.3 Å². The van der Waals surface area contributed by atoms with Crippen LogP contribution < -0.4 is 4.74 Å². The van der Waals surface area contributed by atoms with Crippen LogP contribution in [0.25, 0.3) is 9.88 Å². The zero-order valence-corrected chi connectivity index (χ0v) is 13.2. The van der Waals surface area contributed by atoms with Crippen molar-refractivity contribution in [2.45, 2.75) is 19.6 Å². The summed E-state index contributed by atoms with van der Waals surface area (Å²) in [5.41, 5.74) is 1.77. The minimum Gasteiger partial charge on any atom is -0.487 e. The van der Waals surface area contributed by atoms with Crippen LogP contribution in [-0.4, -0.2) is 10.1 Å². The zero-order chi connectivity index (χ0) is 14.7. The molecule has 0 unspecified atom stereocenters. The Morgan fingerprint density at radius 2 is 2.14 bits per heavy atom. The number of aliphatic hydroxyl groups excluding tert-OH is 1. The lowest BCUT2D eigenvalue weighted by Gasteiger charge is -2.08. The van der Waals surface area contributed by atoms with E-state index in [0.717, 1.165) is 22.0 Å². The first-order valence-corrected chi connectivity index (χ1v) is 8.37. The normalized spacial score (nSPS) is 12.3. The third-order valence-corrected chi connectivity index (χ3v) is 4.94. The van der Waals surface area contributed by atoms with Gasteiger partial charge in [0.05, 0.1) is 16.7 Å². The van der Waals surface area contributed by atoms with E-state index < -0.39 is 6.10 Å². The summed E-state index contributed by atoms with van der Waals surface area (Å²) in [7, 11) is 0. The van der Waals surface area contributed by atoms with Crippen LogP contribution in [0.5, 0.6) is 5.75 Å². The van der Waals surface area contributed by atoms with Gasteiger partial charge >= 0.3 is 0 Å². The van der Waals surface area contributed by atoms with Gasteiger partial charge in [-0.2, -0.15) is 0 Å². The minimum atomic E-state index is -0.488. The summed E-state index contributed by atoms with van der Waals surface area (Å²) >= 11 is 3.32. The first-order valence-electron chi connectivity index (χ1n) is 6.61. The molecule has 108 valence electrons. The van der Waals surface area contributed by atoms with Crippen molar-refractivity contribution < 1.29 is 9.84 Å². The molecule has 0 spiro atoms. The van der Waals surface area contributed by atoms with Crippen molar-refractivity contribution >= 4 is 22.7 Å². The van der Waals surface area contributed by atoms with Gasteiger partial charge in [-0.25, -0.2) is 4.98 Å². The van der Waals surface area contributed by atoms with E-state index in [0.29, 0.717) is 6.61 Å². The third-order valence-electron chi connectivity index (χ3n) is 3.01. The molecule has 1 atom stereocenters. The standard InChI is InChI=1S/C16H15NO2S2/c1-11(18)12-4-2-5-14(8-12)19-9-13-10-21-16(17-13)15-6-3-7-20-15/h2-8,10-11,18H,9H2,1H3/t11-/m1/s1. The lowest BCUT2D eigenvalue weighted by molar-refractivity contribution is 0.198. The number of thiazole rings is 1. The number of benzene rings is 1. The molecule has 0 aliphatic heterocycles. The number of aliphatic hydroxyl groups is 1. The molecule has 1 N–H and O–H groups in total. The van der Waals surface area contributed by atoms with Gasteiger partial charge in [0.25, 0.3) is 0 Å². The van der Waals surface area contributed by atoms with Gasteiger partial charge in [0, 0.05) is 5.38 Å². The van der Waals surface area contributed by atoms with Crippen molar-refractivity contribution in [3.63, 3.8) is 0 Å². The van der Waals surface area contributed by atoms with E-state index in [9.17, 15) is 5.11 Å². The molecule has 0 saturated heterocycles. The predicted octanol–water partition coefficient (Wildman–Crippen LogP) is 4.50. The molecule has 0 fully saturated rings. The summed E-state index contributed by atoms with van der Waals surface area (Å²) in [5, 5.41) is 14.7. The quantitative estimate of drug-likeness (QED) is 0.753. The molecular weight excluding hydrogens is 302 g/mol. The van der Waals surface area contributed by atoms with Gasteiger partial charge in [-0.3, -0.25) is 0 Å². The third kappa shape index (κ3) is 3.50. The number of hydrogen-bond donors (Lipinski definition) is 1. The molecule has 3 rings (SSSR count). The summed E-state index contributed by atoms with van der Waals surface area (Å²) in [4.78, 5) is 5.76. The summed E-state index contributed by atoms with van der Waals surface area (Å²) in [6.45, 7) is 2.18. The second-order valence-electron chi connectivity index (χ2n) is 4.66. The fraction of sp³-hybridized carbons (Fsp3) is 0.188. The number of thiophene rings is 1. The second kappa shape index (κ2) is 6.39. The van der Waals surface area contributed by atoms with Crippen molar-refractivity contribution in [1.29, 1.82) is 0 Å². The van der Waals surface area contributed by atoms with Gasteiger partial charge in [-0.05, 0) is 36.1 Å². The molecular formula is C16H15NO2S2. The SMILES string of the molecule is C[C@@H](O)c1cccc(OCc2csc(-c3cccs3)n2)c1. The van der Waals surface area contributed by atoms with E-state index in [1.165, 1.54) is 4.88 Å². The highest BCUT2D eigenvalue weighted by atomic mass is 32.1. The fourth-order valence-electron chi connectivity index (χ4n) is 1.91. The van der Waals surface area contributed by atoms with Crippen LogP contribution in [0.3, 0.4) is 0 Å². The molecule has 0 aliphatic carbocycles. The molecule has 0 saturated carbocycles. The van der Waals surface area contributed by atoms with Crippen molar-refractivity contribution in [2.75, 3.05) is 0 Å². The number of aromatic nitrogens is 1.